The van der Waals surface area contributed by atoms with E-state index in [9.17, 15) is 22.8 Å². The molecule has 0 saturated carbocycles. The van der Waals surface area contributed by atoms with Gasteiger partial charge in [-0.3, -0.25) is 14.3 Å². The highest BCUT2D eigenvalue weighted by Gasteiger charge is 2.30. The van der Waals surface area contributed by atoms with Gasteiger partial charge in [-0.25, -0.2) is 4.79 Å². The van der Waals surface area contributed by atoms with Crippen LogP contribution in [0.15, 0.2) is 27.9 Å². The summed E-state index contributed by atoms with van der Waals surface area (Å²) in [5.74, 6) is 0. The number of H-pyrrole nitrogens is 1. The summed E-state index contributed by atoms with van der Waals surface area (Å²) in [6.45, 7) is 4.63. The Morgan fingerprint density at radius 2 is 1.83 bits per heavy atom. The van der Waals surface area contributed by atoms with Crippen LogP contribution < -0.4 is 11.2 Å². The van der Waals surface area contributed by atoms with Crippen molar-refractivity contribution in [2.24, 2.45) is 5.41 Å². The quantitative estimate of drug-likeness (QED) is 0.841. The Morgan fingerprint density at radius 3 is 2.22 bits per heavy atom. The molecule has 0 atom stereocenters. The van der Waals surface area contributed by atoms with Crippen LogP contribution in [-0.4, -0.2) is 15.7 Å². The van der Waals surface area contributed by atoms with E-state index >= 15 is 0 Å². The highest BCUT2D eigenvalue weighted by molar-refractivity contribution is 5.51. The maximum Gasteiger partial charge on any atom is 0.411 e. The lowest BCUT2D eigenvalue weighted by molar-refractivity contribution is -0.0800. The van der Waals surface area contributed by atoms with Gasteiger partial charge in [0.05, 0.1) is 0 Å². The largest absolute Gasteiger partial charge is 0.411 e. The normalized spacial score (nSPS) is 13.8. The number of rotatable bonds is 1. The second-order valence-corrected chi connectivity index (χ2v) is 4.80. The number of aromatic nitrogens is 2. The third kappa shape index (κ3) is 3.61. The van der Waals surface area contributed by atoms with Crippen molar-refractivity contribution < 1.29 is 13.2 Å². The number of hydrogen-bond acceptors (Lipinski definition) is 2. The van der Waals surface area contributed by atoms with Crippen LogP contribution in [0.3, 0.4) is 0 Å². The van der Waals surface area contributed by atoms with E-state index in [1.165, 1.54) is 0 Å². The summed E-state index contributed by atoms with van der Waals surface area (Å²) in [6.07, 6.45) is -3.45. The van der Waals surface area contributed by atoms with Crippen LogP contribution in [0.5, 0.6) is 0 Å². The van der Waals surface area contributed by atoms with Crippen molar-refractivity contribution in [2.75, 3.05) is 0 Å². The molecule has 1 rings (SSSR count). The van der Waals surface area contributed by atoms with Crippen LogP contribution in [0, 0.1) is 5.41 Å². The first kappa shape index (κ1) is 14.3. The molecule has 0 aliphatic heterocycles. The van der Waals surface area contributed by atoms with Gasteiger partial charge in [-0.1, -0.05) is 20.8 Å². The van der Waals surface area contributed by atoms with Crippen LogP contribution in [0.25, 0.3) is 5.70 Å². The van der Waals surface area contributed by atoms with Crippen LogP contribution in [-0.2, 0) is 0 Å². The van der Waals surface area contributed by atoms with Crippen molar-refractivity contribution in [2.45, 2.75) is 26.9 Å². The van der Waals surface area contributed by atoms with E-state index in [1.54, 1.807) is 20.8 Å². The SMILES string of the molecule is CC(C)(C)/C(=C\C(F)(F)F)n1ccc(=O)[nH]c1=O. The van der Waals surface area contributed by atoms with Gasteiger partial charge in [0.25, 0.3) is 5.56 Å². The highest BCUT2D eigenvalue weighted by Crippen LogP contribution is 2.32. The molecule has 0 spiro atoms. The standard InChI is InChI=1S/C11H13F3N2O2/c1-10(2,3)7(6-11(12,13)14)16-5-4-8(17)15-9(16)18/h4-6H,1-3H3,(H,15,17,18)/b7-6+. The molecule has 0 fully saturated rings. The summed E-state index contributed by atoms with van der Waals surface area (Å²) in [4.78, 5) is 24.3. The van der Waals surface area contributed by atoms with E-state index in [-0.39, 0.29) is 11.8 Å². The minimum atomic E-state index is -4.54. The molecular formula is C11H13F3N2O2. The Balaban J connectivity index is 3.51. The molecule has 100 valence electrons. The zero-order valence-corrected chi connectivity index (χ0v) is 10.1. The van der Waals surface area contributed by atoms with E-state index in [2.05, 4.69) is 0 Å². The molecule has 0 saturated heterocycles. The second-order valence-electron chi connectivity index (χ2n) is 4.80. The lowest BCUT2D eigenvalue weighted by atomic mass is 9.91. The maximum atomic E-state index is 12.5. The van der Waals surface area contributed by atoms with Gasteiger partial charge in [0.15, 0.2) is 0 Å². The predicted molar refractivity (Wildman–Crippen MR) is 61.1 cm³/mol. The number of hydrogen-bond donors (Lipinski definition) is 1. The molecule has 1 aromatic rings. The van der Waals surface area contributed by atoms with E-state index in [4.69, 9.17) is 0 Å². The van der Waals surface area contributed by atoms with Gasteiger partial charge in [0.2, 0.25) is 0 Å². The number of nitrogens with zero attached hydrogens (tertiary/aromatic N) is 1. The summed E-state index contributed by atoms with van der Waals surface area (Å²) < 4.78 is 38.2. The number of aromatic amines is 1. The number of allylic oxidation sites excluding steroid dienone is 2. The zero-order chi connectivity index (χ0) is 14.1. The molecule has 0 amide bonds. The minimum absolute atomic E-state index is 0.0622. The molecule has 1 N–H and O–H groups in total. The van der Waals surface area contributed by atoms with Crippen molar-refractivity contribution >= 4 is 5.70 Å². The number of halogens is 3. The Bertz CT molecular complexity index is 573. The maximum absolute atomic E-state index is 12.5. The number of nitrogens with one attached hydrogen (secondary N) is 1. The zero-order valence-electron chi connectivity index (χ0n) is 10.1. The van der Waals surface area contributed by atoms with Gasteiger partial charge in [-0.2, -0.15) is 13.2 Å². The topological polar surface area (TPSA) is 54.9 Å². The van der Waals surface area contributed by atoms with E-state index in [0.29, 0.717) is 0 Å². The van der Waals surface area contributed by atoms with Gasteiger partial charge in [-0.05, 0) is 0 Å². The molecule has 18 heavy (non-hydrogen) atoms. The molecule has 7 heteroatoms. The van der Waals surface area contributed by atoms with Crippen LogP contribution in [0.4, 0.5) is 13.2 Å². The Kier molecular flexibility index (Phi) is 3.54. The van der Waals surface area contributed by atoms with Crippen molar-refractivity contribution in [3.05, 3.63) is 39.2 Å². The summed E-state index contributed by atoms with van der Waals surface area (Å²) >= 11 is 0. The third-order valence-corrected chi connectivity index (χ3v) is 2.15. The lowest BCUT2D eigenvalue weighted by Gasteiger charge is -2.24. The van der Waals surface area contributed by atoms with E-state index in [1.807, 2.05) is 4.98 Å². The van der Waals surface area contributed by atoms with Gasteiger partial charge >= 0.3 is 11.9 Å². The molecule has 0 bridgehead atoms. The summed E-state index contributed by atoms with van der Waals surface area (Å²) in [5.41, 5.74) is -2.70. The van der Waals surface area contributed by atoms with Crippen molar-refractivity contribution in [3.8, 4) is 0 Å². The fraction of sp³-hybridized carbons (Fsp3) is 0.455. The Hall–Kier alpha value is -1.79. The summed E-state index contributed by atoms with van der Waals surface area (Å²) in [6, 6.07) is 0.997. The van der Waals surface area contributed by atoms with Crippen LogP contribution >= 0.6 is 0 Å². The molecule has 0 radical (unpaired) electrons. The fourth-order valence-electron chi connectivity index (χ4n) is 1.41. The first-order chi connectivity index (χ1) is 8.00. The smallest absolute Gasteiger partial charge is 0.274 e. The fourth-order valence-corrected chi connectivity index (χ4v) is 1.41. The van der Waals surface area contributed by atoms with Gasteiger partial charge in [0.1, 0.15) is 0 Å². The molecule has 0 aliphatic carbocycles. The third-order valence-electron chi connectivity index (χ3n) is 2.15. The highest BCUT2D eigenvalue weighted by atomic mass is 19.4. The molecule has 0 aromatic carbocycles. The first-order valence-corrected chi connectivity index (χ1v) is 5.13. The van der Waals surface area contributed by atoms with Crippen LogP contribution in [0.2, 0.25) is 0 Å². The first-order valence-electron chi connectivity index (χ1n) is 5.13. The van der Waals surface area contributed by atoms with Gasteiger partial charge in [-0.15, -0.1) is 0 Å². The molecule has 4 nitrogen and oxygen atoms in total. The Morgan fingerprint density at radius 1 is 1.28 bits per heavy atom. The molecule has 1 heterocycles. The van der Waals surface area contributed by atoms with E-state index < -0.39 is 22.8 Å². The molecule has 0 unspecified atom stereocenters. The van der Waals surface area contributed by atoms with E-state index in [0.717, 1.165) is 16.8 Å². The molecule has 1 aromatic heterocycles. The van der Waals surface area contributed by atoms with Crippen molar-refractivity contribution in [1.82, 2.24) is 9.55 Å². The summed E-state index contributed by atoms with van der Waals surface area (Å²) in [7, 11) is 0. The van der Waals surface area contributed by atoms with Crippen molar-refractivity contribution in [1.29, 1.82) is 0 Å². The summed E-state index contributed by atoms with van der Waals surface area (Å²) in [5, 5.41) is 0. The monoisotopic (exact) mass is 262 g/mol. The van der Waals surface area contributed by atoms with Gasteiger partial charge < -0.3 is 0 Å². The van der Waals surface area contributed by atoms with Crippen LogP contribution in [0.1, 0.15) is 20.8 Å². The average molecular weight is 262 g/mol. The van der Waals surface area contributed by atoms with Gasteiger partial charge in [0, 0.05) is 29.5 Å². The number of alkyl halides is 3. The second kappa shape index (κ2) is 4.47. The predicted octanol–water partition coefficient (Wildman–Crippen LogP) is 1.99. The van der Waals surface area contributed by atoms with Crippen molar-refractivity contribution in [3.63, 3.8) is 0 Å². The Labute approximate surface area is 101 Å². The molecule has 0 aliphatic rings. The lowest BCUT2D eigenvalue weighted by Crippen LogP contribution is -2.32. The molecular weight excluding hydrogens is 249 g/mol. The minimum Gasteiger partial charge on any atom is -0.274 e. The average Bonchev–Trinajstić information content (AvgIpc) is 2.11.